The van der Waals surface area contributed by atoms with E-state index in [0.29, 0.717) is 17.7 Å². The third-order valence-electron chi connectivity index (χ3n) is 3.35. The largest absolute Gasteiger partial charge is 0.481 e. The molecule has 0 aromatic carbocycles. The lowest BCUT2D eigenvalue weighted by Crippen LogP contribution is -2.43. The SMILES string of the molecule is CCCCn1cc(C(=O)NC(C)(C)CCC(=O)O)c(C)n1. The van der Waals surface area contributed by atoms with Crippen LogP contribution < -0.4 is 5.32 Å². The Morgan fingerprint density at radius 2 is 2.10 bits per heavy atom. The van der Waals surface area contributed by atoms with E-state index < -0.39 is 11.5 Å². The first-order valence-corrected chi connectivity index (χ1v) is 7.33. The minimum Gasteiger partial charge on any atom is -0.481 e. The third-order valence-corrected chi connectivity index (χ3v) is 3.35. The summed E-state index contributed by atoms with van der Waals surface area (Å²) in [6.45, 7) is 8.36. The predicted molar refractivity (Wildman–Crippen MR) is 80.3 cm³/mol. The highest BCUT2D eigenvalue weighted by Gasteiger charge is 2.24. The molecule has 0 atom stereocenters. The molecule has 0 spiro atoms. The molecule has 1 heterocycles. The first-order valence-electron chi connectivity index (χ1n) is 7.33. The summed E-state index contributed by atoms with van der Waals surface area (Å²) in [5.41, 5.74) is 0.681. The fraction of sp³-hybridized carbons (Fsp3) is 0.667. The zero-order valence-corrected chi connectivity index (χ0v) is 13.3. The second kappa shape index (κ2) is 7.24. The molecule has 0 unspecified atom stereocenters. The van der Waals surface area contributed by atoms with Crippen LogP contribution in [0.25, 0.3) is 0 Å². The number of aromatic nitrogens is 2. The average Bonchev–Trinajstić information content (AvgIpc) is 2.75. The van der Waals surface area contributed by atoms with Crippen molar-refractivity contribution in [3.63, 3.8) is 0 Å². The maximum Gasteiger partial charge on any atom is 0.303 e. The molecule has 0 radical (unpaired) electrons. The summed E-state index contributed by atoms with van der Waals surface area (Å²) in [5, 5.41) is 15.9. The van der Waals surface area contributed by atoms with Crippen molar-refractivity contribution in [1.29, 1.82) is 0 Å². The van der Waals surface area contributed by atoms with Crippen LogP contribution in [-0.2, 0) is 11.3 Å². The number of hydrogen-bond donors (Lipinski definition) is 2. The van der Waals surface area contributed by atoms with Gasteiger partial charge in [0.15, 0.2) is 0 Å². The van der Waals surface area contributed by atoms with Gasteiger partial charge in [-0.25, -0.2) is 0 Å². The number of carbonyl (C=O) groups is 2. The average molecular weight is 295 g/mol. The van der Waals surface area contributed by atoms with E-state index in [0.717, 1.165) is 19.4 Å². The highest BCUT2D eigenvalue weighted by atomic mass is 16.4. The Labute approximate surface area is 125 Å². The van der Waals surface area contributed by atoms with Gasteiger partial charge in [-0.05, 0) is 33.6 Å². The Morgan fingerprint density at radius 1 is 1.43 bits per heavy atom. The Hall–Kier alpha value is -1.85. The van der Waals surface area contributed by atoms with Crippen molar-refractivity contribution in [2.45, 2.75) is 65.5 Å². The lowest BCUT2D eigenvalue weighted by molar-refractivity contribution is -0.137. The van der Waals surface area contributed by atoms with Crippen molar-refractivity contribution in [2.75, 3.05) is 0 Å². The van der Waals surface area contributed by atoms with Gasteiger partial charge in [-0.15, -0.1) is 0 Å². The molecule has 1 rings (SSSR count). The van der Waals surface area contributed by atoms with Crippen LogP contribution >= 0.6 is 0 Å². The van der Waals surface area contributed by atoms with E-state index in [1.165, 1.54) is 0 Å². The van der Waals surface area contributed by atoms with Gasteiger partial charge in [0.25, 0.3) is 5.91 Å². The Balaban J connectivity index is 2.70. The summed E-state index contributed by atoms with van der Waals surface area (Å²) in [4.78, 5) is 22.9. The highest BCUT2D eigenvalue weighted by molar-refractivity contribution is 5.95. The maximum absolute atomic E-state index is 12.3. The molecule has 6 heteroatoms. The lowest BCUT2D eigenvalue weighted by Gasteiger charge is -2.25. The Morgan fingerprint density at radius 3 is 2.67 bits per heavy atom. The predicted octanol–water partition coefficient (Wildman–Crippen LogP) is 2.36. The molecule has 0 aliphatic carbocycles. The van der Waals surface area contributed by atoms with Gasteiger partial charge in [-0.2, -0.15) is 5.10 Å². The Kier molecular flexibility index (Phi) is 5.93. The van der Waals surface area contributed by atoms with Crippen molar-refractivity contribution in [2.24, 2.45) is 0 Å². The van der Waals surface area contributed by atoms with Crippen molar-refractivity contribution in [1.82, 2.24) is 15.1 Å². The summed E-state index contributed by atoms with van der Waals surface area (Å²) in [6.07, 6.45) is 4.27. The summed E-state index contributed by atoms with van der Waals surface area (Å²) in [7, 11) is 0. The fourth-order valence-electron chi connectivity index (χ4n) is 2.03. The van der Waals surface area contributed by atoms with Gasteiger partial charge in [-0.1, -0.05) is 13.3 Å². The topological polar surface area (TPSA) is 84.2 Å². The number of hydrogen-bond acceptors (Lipinski definition) is 3. The van der Waals surface area contributed by atoms with Gasteiger partial charge in [-0.3, -0.25) is 14.3 Å². The molecule has 118 valence electrons. The lowest BCUT2D eigenvalue weighted by atomic mass is 9.98. The molecule has 2 N–H and O–H groups in total. The first-order chi connectivity index (χ1) is 9.75. The van der Waals surface area contributed by atoms with Gasteiger partial charge >= 0.3 is 5.97 Å². The molecular weight excluding hydrogens is 270 g/mol. The normalized spacial score (nSPS) is 11.4. The van der Waals surface area contributed by atoms with Crippen LogP contribution in [0.2, 0.25) is 0 Å². The van der Waals surface area contributed by atoms with E-state index >= 15 is 0 Å². The third kappa shape index (κ3) is 5.57. The number of amides is 1. The van der Waals surface area contributed by atoms with E-state index in [1.807, 2.05) is 20.8 Å². The van der Waals surface area contributed by atoms with Crippen molar-refractivity contribution >= 4 is 11.9 Å². The second-order valence-electron chi connectivity index (χ2n) is 5.98. The molecule has 0 aliphatic rings. The molecule has 1 aromatic rings. The zero-order valence-electron chi connectivity index (χ0n) is 13.3. The van der Waals surface area contributed by atoms with E-state index in [1.54, 1.807) is 10.9 Å². The Bertz CT molecular complexity index is 506. The van der Waals surface area contributed by atoms with Crippen LogP contribution in [-0.4, -0.2) is 32.3 Å². The van der Waals surface area contributed by atoms with E-state index in [9.17, 15) is 9.59 Å². The number of carbonyl (C=O) groups excluding carboxylic acids is 1. The number of nitrogens with zero attached hydrogens (tertiary/aromatic N) is 2. The van der Waals surface area contributed by atoms with Gasteiger partial charge in [0.1, 0.15) is 0 Å². The molecule has 0 saturated carbocycles. The summed E-state index contributed by atoms with van der Waals surface area (Å²) in [5.74, 6) is -1.06. The van der Waals surface area contributed by atoms with Crippen molar-refractivity contribution in [3.8, 4) is 0 Å². The molecule has 6 nitrogen and oxygen atoms in total. The first kappa shape index (κ1) is 17.2. The molecule has 1 aromatic heterocycles. The van der Waals surface area contributed by atoms with Crippen LogP contribution in [0.15, 0.2) is 6.20 Å². The van der Waals surface area contributed by atoms with E-state index in [-0.39, 0.29) is 12.3 Å². The number of carboxylic acids is 1. The number of nitrogens with one attached hydrogen (secondary N) is 1. The molecule has 0 saturated heterocycles. The summed E-state index contributed by atoms with van der Waals surface area (Å²) >= 11 is 0. The monoisotopic (exact) mass is 295 g/mol. The van der Waals surface area contributed by atoms with Crippen molar-refractivity contribution in [3.05, 3.63) is 17.5 Å². The number of aliphatic carboxylic acids is 1. The smallest absolute Gasteiger partial charge is 0.303 e. The van der Waals surface area contributed by atoms with Crippen LogP contribution in [0.5, 0.6) is 0 Å². The molecule has 0 fully saturated rings. The molecular formula is C15H25N3O3. The van der Waals surface area contributed by atoms with Crippen LogP contribution in [0.1, 0.15) is 62.5 Å². The highest BCUT2D eigenvalue weighted by Crippen LogP contribution is 2.14. The van der Waals surface area contributed by atoms with E-state index in [4.69, 9.17) is 5.11 Å². The number of carboxylic acid groups (broad SMARTS) is 1. The molecule has 1 amide bonds. The summed E-state index contributed by atoms with van der Waals surface area (Å²) < 4.78 is 1.79. The van der Waals surface area contributed by atoms with Crippen LogP contribution in [0, 0.1) is 6.92 Å². The zero-order chi connectivity index (χ0) is 16.0. The summed E-state index contributed by atoms with van der Waals surface area (Å²) in [6, 6.07) is 0. The van der Waals surface area contributed by atoms with E-state index in [2.05, 4.69) is 17.3 Å². The molecule has 0 bridgehead atoms. The second-order valence-corrected chi connectivity index (χ2v) is 5.98. The van der Waals surface area contributed by atoms with Gasteiger partial charge < -0.3 is 10.4 Å². The molecule has 21 heavy (non-hydrogen) atoms. The van der Waals surface area contributed by atoms with Crippen LogP contribution in [0.4, 0.5) is 0 Å². The minimum atomic E-state index is -0.860. The number of aryl methyl sites for hydroxylation is 2. The van der Waals surface area contributed by atoms with Gasteiger partial charge in [0, 0.05) is 24.7 Å². The standard InChI is InChI=1S/C15H25N3O3/c1-5-6-9-18-10-12(11(2)17-18)14(21)16-15(3,4)8-7-13(19)20/h10H,5-9H2,1-4H3,(H,16,21)(H,19,20). The van der Waals surface area contributed by atoms with Crippen LogP contribution in [0.3, 0.4) is 0 Å². The molecule has 0 aliphatic heterocycles. The maximum atomic E-state index is 12.3. The van der Waals surface area contributed by atoms with Gasteiger partial charge in [0.05, 0.1) is 11.3 Å². The van der Waals surface area contributed by atoms with Crippen molar-refractivity contribution < 1.29 is 14.7 Å². The van der Waals surface area contributed by atoms with Gasteiger partial charge in [0.2, 0.25) is 0 Å². The number of rotatable bonds is 8. The number of unbranched alkanes of at least 4 members (excludes halogenated alkanes) is 1. The quantitative estimate of drug-likeness (QED) is 0.771. The fourth-order valence-corrected chi connectivity index (χ4v) is 2.03. The minimum absolute atomic E-state index is 0.0298.